The number of rotatable bonds is 2. The highest BCUT2D eigenvalue weighted by molar-refractivity contribution is 6.29. The molecule has 0 saturated carbocycles. The van der Waals surface area contributed by atoms with Crippen LogP contribution >= 0.6 is 11.6 Å². The average Bonchev–Trinajstić information content (AvgIpc) is 3.16. The first-order chi connectivity index (χ1) is 10.3. The summed E-state index contributed by atoms with van der Waals surface area (Å²) < 4.78 is 7.19. The van der Waals surface area contributed by atoms with Crippen LogP contribution in [0.25, 0.3) is 5.78 Å². The minimum absolute atomic E-state index is 0.459. The summed E-state index contributed by atoms with van der Waals surface area (Å²) in [5, 5.41) is 4.71. The summed E-state index contributed by atoms with van der Waals surface area (Å²) >= 11 is 6.10. The van der Waals surface area contributed by atoms with E-state index in [2.05, 4.69) is 24.9 Å². The van der Waals surface area contributed by atoms with Crippen molar-refractivity contribution in [3.8, 4) is 0 Å². The van der Waals surface area contributed by atoms with Crippen molar-refractivity contribution in [2.45, 2.75) is 12.5 Å². The molecule has 21 heavy (non-hydrogen) atoms. The van der Waals surface area contributed by atoms with Gasteiger partial charge in [0, 0.05) is 38.3 Å². The smallest absolute Gasteiger partial charge is 0.255 e. The standard InChI is InChI=1S/C13H17ClN6O/c14-11-7-12(20-13(17-11)15-9-16-20)19-2-1-10(8-19)18-3-5-21-6-4-18/h7,9-10H,1-6,8H2. The molecule has 0 radical (unpaired) electrons. The maximum absolute atomic E-state index is 6.10. The molecule has 7 nitrogen and oxygen atoms in total. The van der Waals surface area contributed by atoms with E-state index in [-0.39, 0.29) is 0 Å². The lowest BCUT2D eigenvalue weighted by atomic mass is 10.2. The van der Waals surface area contributed by atoms with E-state index in [0.717, 1.165) is 51.6 Å². The lowest BCUT2D eigenvalue weighted by Crippen LogP contribution is -2.44. The Morgan fingerprint density at radius 3 is 2.95 bits per heavy atom. The zero-order valence-electron chi connectivity index (χ0n) is 11.7. The van der Waals surface area contributed by atoms with E-state index in [1.54, 1.807) is 4.52 Å². The van der Waals surface area contributed by atoms with Gasteiger partial charge >= 0.3 is 0 Å². The van der Waals surface area contributed by atoms with Crippen LogP contribution in [-0.4, -0.2) is 69.9 Å². The number of anilines is 1. The quantitative estimate of drug-likeness (QED) is 0.761. The van der Waals surface area contributed by atoms with Crippen molar-refractivity contribution < 1.29 is 4.74 Å². The van der Waals surface area contributed by atoms with Crippen LogP contribution in [0.3, 0.4) is 0 Å². The van der Waals surface area contributed by atoms with Crippen LogP contribution in [0.5, 0.6) is 0 Å². The van der Waals surface area contributed by atoms with Gasteiger partial charge in [-0.1, -0.05) is 11.6 Å². The van der Waals surface area contributed by atoms with Crippen LogP contribution in [-0.2, 0) is 4.74 Å². The van der Waals surface area contributed by atoms with E-state index in [9.17, 15) is 0 Å². The minimum atomic E-state index is 0.459. The molecule has 2 aliphatic rings. The van der Waals surface area contributed by atoms with Gasteiger partial charge in [-0.15, -0.1) is 0 Å². The van der Waals surface area contributed by atoms with Crippen molar-refractivity contribution in [3.05, 3.63) is 17.5 Å². The van der Waals surface area contributed by atoms with Gasteiger partial charge in [-0.2, -0.15) is 19.6 Å². The maximum Gasteiger partial charge on any atom is 0.255 e. The van der Waals surface area contributed by atoms with Gasteiger partial charge in [0.15, 0.2) is 0 Å². The molecule has 0 aromatic carbocycles. The fraction of sp³-hybridized carbons (Fsp3) is 0.615. The highest BCUT2D eigenvalue weighted by atomic mass is 35.5. The van der Waals surface area contributed by atoms with E-state index in [1.165, 1.54) is 6.33 Å². The Labute approximate surface area is 127 Å². The Hall–Kier alpha value is -1.44. The number of halogens is 1. The van der Waals surface area contributed by atoms with Gasteiger partial charge in [0.05, 0.1) is 13.2 Å². The molecule has 4 heterocycles. The summed E-state index contributed by atoms with van der Waals surface area (Å²) in [6, 6.07) is 2.43. The first kappa shape index (κ1) is 13.2. The summed E-state index contributed by atoms with van der Waals surface area (Å²) in [4.78, 5) is 13.1. The number of fused-ring (bicyclic) bond motifs is 1. The van der Waals surface area contributed by atoms with Gasteiger partial charge in [0.2, 0.25) is 0 Å². The number of morpholine rings is 1. The highest BCUT2D eigenvalue weighted by Gasteiger charge is 2.30. The monoisotopic (exact) mass is 308 g/mol. The number of ether oxygens (including phenoxy) is 1. The minimum Gasteiger partial charge on any atom is -0.379 e. The van der Waals surface area contributed by atoms with Gasteiger partial charge in [-0.3, -0.25) is 4.90 Å². The molecule has 2 aliphatic heterocycles. The number of nitrogens with zero attached hydrogens (tertiary/aromatic N) is 6. The fourth-order valence-corrected chi connectivity index (χ4v) is 3.36. The molecular weight excluding hydrogens is 292 g/mol. The second-order valence-corrected chi connectivity index (χ2v) is 5.83. The van der Waals surface area contributed by atoms with E-state index in [0.29, 0.717) is 17.0 Å². The van der Waals surface area contributed by atoms with Crippen molar-refractivity contribution in [1.82, 2.24) is 24.5 Å². The zero-order valence-corrected chi connectivity index (χ0v) is 12.4. The van der Waals surface area contributed by atoms with Gasteiger partial charge in [-0.05, 0) is 6.42 Å². The fourth-order valence-electron chi connectivity index (χ4n) is 3.18. The van der Waals surface area contributed by atoms with Crippen LogP contribution in [0.4, 0.5) is 5.82 Å². The molecule has 0 bridgehead atoms. The number of hydrogen-bond acceptors (Lipinski definition) is 6. The molecule has 2 saturated heterocycles. The number of hydrogen-bond donors (Lipinski definition) is 0. The third kappa shape index (κ3) is 2.45. The summed E-state index contributed by atoms with van der Waals surface area (Å²) in [7, 11) is 0. The molecule has 2 aromatic rings. The second-order valence-electron chi connectivity index (χ2n) is 5.45. The van der Waals surface area contributed by atoms with Crippen LogP contribution < -0.4 is 4.90 Å². The molecule has 0 amide bonds. The molecule has 0 aliphatic carbocycles. The molecule has 112 valence electrons. The zero-order chi connectivity index (χ0) is 14.2. The molecule has 1 atom stereocenters. The average molecular weight is 309 g/mol. The van der Waals surface area contributed by atoms with Crippen LogP contribution in [0.2, 0.25) is 5.15 Å². The largest absolute Gasteiger partial charge is 0.379 e. The molecule has 2 aromatic heterocycles. The SMILES string of the molecule is Clc1cc(N2CCC(N3CCOCC3)C2)n2ncnc2n1. The second kappa shape index (κ2) is 5.40. The lowest BCUT2D eigenvalue weighted by molar-refractivity contribution is 0.0209. The van der Waals surface area contributed by atoms with Gasteiger partial charge in [0.25, 0.3) is 5.78 Å². The van der Waals surface area contributed by atoms with Crippen molar-refractivity contribution in [2.24, 2.45) is 0 Å². The van der Waals surface area contributed by atoms with Crippen LogP contribution in [0.1, 0.15) is 6.42 Å². The Balaban J connectivity index is 1.57. The Morgan fingerprint density at radius 2 is 2.10 bits per heavy atom. The van der Waals surface area contributed by atoms with Crippen molar-refractivity contribution >= 4 is 23.2 Å². The van der Waals surface area contributed by atoms with E-state index >= 15 is 0 Å². The predicted molar refractivity (Wildman–Crippen MR) is 78.8 cm³/mol. The van der Waals surface area contributed by atoms with Crippen molar-refractivity contribution in [1.29, 1.82) is 0 Å². The molecular formula is C13H17ClN6O. The topological polar surface area (TPSA) is 58.8 Å². The van der Waals surface area contributed by atoms with Crippen molar-refractivity contribution in [2.75, 3.05) is 44.3 Å². The number of aromatic nitrogens is 4. The Kier molecular flexibility index (Phi) is 3.40. The van der Waals surface area contributed by atoms with Crippen molar-refractivity contribution in [3.63, 3.8) is 0 Å². The molecule has 0 spiro atoms. The third-order valence-corrected chi connectivity index (χ3v) is 4.44. The van der Waals surface area contributed by atoms with Gasteiger partial charge in [-0.25, -0.2) is 0 Å². The van der Waals surface area contributed by atoms with Crippen LogP contribution in [0.15, 0.2) is 12.4 Å². The lowest BCUT2D eigenvalue weighted by Gasteiger charge is -2.32. The third-order valence-electron chi connectivity index (χ3n) is 4.25. The highest BCUT2D eigenvalue weighted by Crippen LogP contribution is 2.25. The molecule has 2 fully saturated rings. The Bertz CT molecular complexity index is 641. The summed E-state index contributed by atoms with van der Waals surface area (Å²) in [6.45, 7) is 5.70. The molecule has 0 N–H and O–H groups in total. The molecule has 4 rings (SSSR count). The maximum atomic E-state index is 6.10. The molecule has 8 heteroatoms. The summed E-state index contributed by atoms with van der Waals surface area (Å²) in [6.07, 6.45) is 2.66. The molecule has 1 unspecified atom stereocenters. The normalized spacial score (nSPS) is 24.0. The summed E-state index contributed by atoms with van der Waals surface area (Å²) in [5.41, 5.74) is 0. The van der Waals surface area contributed by atoms with Gasteiger partial charge in [0.1, 0.15) is 17.3 Å². The van der Waals surface area contributed by atoms with Crippen LogP contribution in [0, 0.1) is 0 Å². The summed E-state index contributed by atoms with van der Waals surface area (Å²) in [5.74, 6) is 1.52. The van der Waals surface area contributed by atoms with Gasteiger partial charge < -0.3 is 9.64 Å². The first-order valence-electron chi connectivity index (χ1n) is 7.24. The Morgan fingerprint density at radius 1 is 1.24 bits per heavy atom. The van der Waals surface area contributed by atoms with E-state index in [1.807, 2.05) is 6.07 Å². The first-order valence-corrected chi connectivity index (χ1v) is 7.62. The van der Waals surface area contributed by atoms with E-state index in [4.69, 9.17) is 16.3 Å². The van der Waals surface area contributed by atoms with E-state index < -0.39 is 0 Å². The predicted octanol–water partition coefficient (Wildman–Crippen LogP) is 0.689.